The average molecular weight is 389 g/mol. The summed E-state index contributed by atoms with van der Waals surface area (Å²) >= 11 is 0. The minimum atomic E-state index is -4.26. The number of rotatable bonds is 10. The van der Waals surface area contributed by atoms with E-state index >= 15 is 0 Å². The molecule has 0 aliphatic carbocycles. The van der Waals surface area contributed by atoms with Crippen molar-refractivity contribution < 1.29 is 24.2 Å². The normalized spacial score (nSPS) is 13.5. The molecule has 0 saturated heterocycles. The SMILES string of the molecule is CN(C)CCNc1nc(N)nc2c1ncn2CC(O)COCP(=O)(O)O. The number of nitrogens with zero attached hydrogens (tertiary/aromatic N) is 5. The predicted octanol–water partition coefficient (Wildman–Crippen LogP) is -1.11. The Balaban J connectivity index is 2.07. The Kier molecular flexibility index (Phi) is 6.87. The van der Waals surface area contributed by atoms with Crippen LogP contribution in [-0.2, 0) is 15.8 Å². The van der Waals surface area contributed by atoms with Gasteiger partial charge in [-0.2, -0.15) is 9.97 Å². The quantitative estimate of drug-likeness (QED) is 0.312. The Morgan fingerprint density at radius 2 is 2.15 bits per heavy atom. The fourth-order valence-corrected chi connectivity index (χ4v) is 2.55. The minimum Gasteiger partial charge on any atom is -0.389 e. The van der Waals surface area contributed by atoms with E-state index in [-0.39, 0.29) is 19.1 Å². The van der Waals surface area contributed by atoms with Gasteiger partial charge < -0.3 is 40.1 Å². The summed E-state index contributed by atoms with van der Waals surface area (Å²) in [7, 11) is -0.355. The number of nitrogen functional groups attached to an aromatic ring is 1. The van der Waals surface area contributed by atoms with Crippen LogP contribution in [0.4, 0.5) is 11.8 Å². The molecule has 12 nitrogen and oxygen atoms in total. The summed E-state index contributed by atoms with van der Waals surface area (Å²) in [5, 5.41) is 13.2. The van der Waals surface area contributed by atoms with Crippen LogP contribution in [0.25, 0.3) is 11.2 Å². The second kappa shape index (κ2) is 8.71. The summed E-state index contributed by atoms with van der Waals surface area (Å²) in [5.41, 5.74) is 6.71. The zero-order chi connectivity index (χ0) is 19.3. The molecule has 0 aliphatic heterocycles. The van der Waals surface area contributed by atoms with Crippen LogP contribution < -0.4 is 11.1 Å². The highest BCUT2D eigenvalue weighted by Gasteiger charge is 2.17. The first-order valence-electron chi connectivity index (χ1n) is 7.83. The van der Waals surface area contributed by atoms with Gasteiger partial charge in [-0.1, -0.05) is 0 Å². The van der Waals surface area contributed by atoms with E-state index in [4.69, 9.17) is 20.3 Å². The minimum absolute atomic E-state index is 0.0684. The smallest absolute Gasteiger partial charge is 0.350 e. The molecule has 0 amide bonds. The van der Waals surface area contributed by atoms with Crippen molar-refractivity contribution in [3.63, 3.8) is 0 Å². The van der Waals surface area contributed by atoms with E-state index in [0.717, 1.165) is 6.54 Å². The van der Waals surface area contributed by atoms with Crippen LogP contribution in [0.15, 0.2) is 6.33 Å². The summed E-state index contributed by atoms with van der Waals surface area (Å²) in [6.07, 6.45) is -0.258. The average Bonchev–Trinajstić information content (AvgIpc) is 2.88. The van der Waals surface area contributed by atoms with Crippen LogP contribution in [-0.4, -0.2) is 85.6 Å². The molecule has 13 heteroatoms. The van der Waals surface area contributed by atoms with Crippen LogP contribution in [0.2, 0.25) is 0 Å². The zero-order valence-electron chi connectivity index (χ0n) is 14.6. The number of imidazole rings is 1. The molecule has 1 atom stereocenters. The number of nitrogens with two attached hydrogens (primary N) is 1. The summed E-state index contributed by atoms with van der Waals surface area (Å²) < 4.78 is 17.1. The molecule has 0 aromatic carbocycles. The number of fused-ring (bicyclic) bond motifs is 1. The van der Waals surface area contributed by atoms with Gasteiger partial charge in [-0.05, 0) is 14.1 Å². The van der Waals surface area contributed by atoms with E-state index in [1.54, 1.807) is 4.57 Å². The topological polar surface area (TPSA) is 172 Å². The summed E-state index contributed by atoms with van der Waals surface area (Å²) in [5.74, 6) is 0.569. The Bertz CT molecular complexity index is 778. The highest BCUT2D eigenvalue weighted by molar-refractivity contribution is 7.51. The maximum atomic E-state index is 10.7. The molecule has 2 rings (SSSR count). The van der Waals surface area contributed by atoms with E-state index < -0.39 is 20.0 Å². The monoisotopic (exact) mass is 389 g/mol. The predicted molar refractivity (Wildman–Crippen MR) is 95.6 cm³/mol. The number of aromatic nitrogens is 4. The van der Waals surface area contributed by atoms with Gasteiger partial charge in [0, 0.05) is 13.1 Å². The van der Waals surface area contributed by atoms with E-state index in [1.165, 1.54) is 6.33 Å². The number of anilines is 2. The molecule has 6 N–H and O–H groups in total. The van der Waals surface area contributed by atoms with Crippen molar-refractivity contribution in [1.29, 1.82) is 0 Å². The Morgan fingerprint density at radius 3 is 2.81 bits per heavy atom. The maximum Gasteiger partial charge on any atom is 0.350 e. The fourth-order valence-electron chi connectivity index (χ4n) is 2.20. The molecule has 0 spiro atoms. The van der Waals surface area contributed by atoms with Crippen LogP contribution in [0.1, 0.15) is 0 Å². The largest absolute Gasteiger partial charge is 0.389 e. The van der Waals surface area contributed by atoms with Crippen molar-refractivity contribution >= 4 is 30.5 Å². The van der Waals surface area contributed by atoms with Gasteiger partial charge >= 0.3 is 7.60 Å². The van der Waals surface area contributed by atoms with Crippen molar-refractivity contribution in [3.8, 4) is 0 Å². The first-order valence-corrected chi connectivity index (χ1v) is 9.63. The summed E-state index contributed by atoms with van der Waals surface area (Å²) in [6.45, 7) is 1.27. The third kappa shape index (κ3) is 6.16. The molecule has 1 unspecified atom stereocenters. The standard InChI is InChI=1S/C13H24N7O5P/c1-19(2)4-3-15-11-10-12(18-13(14)17-11)20(7-16-10)5-9(21)6-25-8-26(22,23)24/h7,9,21H,3-6,8H2,1-2H3,(H2,22,23,24)(H3,14,15,17,18). The number of nitrogens with one attached hydrogen (secondary N) is 1. The molecule has 0 radical (unpaired) electrons. The molecule has 26 heavy (non-hydrogen) atoms. The van der Waals surface area contributed by atoms with Crippen LogP contribution in [0.3, 0.4) is 0 Å². The van der Waals surface area contributed by atoms with Crippen molar-refractivity contribution in [2.75, 3.05) is 51.2 Å². The number of ether oxygens (including phenoxy) is 1. The second-order valence-corrected chi connectivity index (χ2v) is 7.64. The van der Waals surface area contributed by atoms with Gasteiger partial charge in [0.25, 0.3) is 0 Å². The molecular weight excluding hydrogens is 365 g/mol. The molecule has 2 aromatic heterocycles. The number of aliphatic hydroxyl groups excluding tert-OH is 1. The Labute approximate surface area is 150 Å². The number of hydrogen-bond acceptors (Lipinski definition) is 9. The van der Waals surface area contributed by atoms with Crippen LogP contribution in [0.5, 0.6) is 0 Å². The van der Waals surface area contributed by atoms with Crippen molar-refractivity contribution in [2.24, 2.45) is 0 Å². The third-order valence-corrected chi connectivity index (χ3v) is 3.83. The van der Waals surface area contributed by atoms with Gasteiger partial charge in [0.1, 0.15) is 6.35 Å². The molecule has 2 heterocycles. The molecule has 0 bridgehead atoms. The van der Waals surface area contributed by atoms with Gasteiger partial charge in [0.05, 0.1) is 25.6 Å². The van der Waals surface area contributed by atoms with E-state index in [2.05, 4.69) is 20.3 Å². The third-order valence-electron chi connectivity index (χ3n) is 3.31. The van der Waals surface area contributed by atoms with E-state index in [9.17, 15) is 9.67 Å². The molecule has 2 aromatic rings. The second-order valence-electron chi connectivity index (χ2n) is 6.05. The molecule has 0 fully saturated rings. The molecule has 0 aliphatic rings. The van der Waals surface area contributed by atoms with Gasteiger partial charge in [0.2, 0.25) is 5.95 Å². The lowest BCUT2D eigenvalue weighted by molar-refractivity contribution is 0.0413. The highest BCUT2D eigenvalue weighted by atomic mass is 31.2. The lowest BCUT2D eigenvalue weighted by Crippen LogP contribution is -2.22. The number of hydrogen-bond donors (Lipinski definition) is 5. The Morgan fingerprint density at radius 1 is 1.42 bits per heavy atom. The van der Waals surface area contributed by atoms with E-state index in [0.29, 0.717) is 23.5 Å². The number of aliphatic hydroxyl groups is 1. The van der Waals surface area contributed by atoms with Crippen LogP contribution >= 0.6 is 7.60 Å². The molecular formula is C13H24N7O5P. The van der Waals surface area contributed by atoms with Gasteiger partial charge in [0.15, 0.2) is 17.0 Å². The molecule has 146 valence electrons. The first kappa shape index (κ1) is 20.5. The maximum absolute atomic E-state index is 10.7. The Hall–Kier alpha value is -1.82. The highest BCUT2D eigenvalue weighted by Crippen LogP contribution is 2.33. The summed E-state index contributed by atoms with van der Waals surface area (Å²) in [4.78, 5) is 32.1. The first-order chi connectivity index (χ1) is 12.2. The summed E-state index contributed by atoms with van der Waals surface area (Å²) in [6, 6.07) is 0. The molecule has 0 saturated carbocycles. The lowest BCUT2D eigenvalue weighted by Gasteiger charge is -2.13. The van der Waals surface area contributed by atoms with Crippen LogP contribution in [0, 0.1) is 0 Å². The van der Waals surface area contributed by atoms with Gasteiger partial charge in [-0.25, -0.2) is 4.98 Å². The van der Waals surface area contributed by atoms with Crippen molar-refractivity contribution in [3.05, 3.63) is 6.33 Å². The number of likely N-dealkylation sites (N-methyl/N-ethyl adjacent to an activating group) is 1. The fraction of sp³-hybridized carbons (Fsp3) is 0.615. The lowest BCUT2D eigenvalue weighted by atomic mass is 10.3. The van der Waals surface area contributed by atoms with Gasteiger partial charge in [-0.3, -0.25) is 4.57 Å². The van der Waals surface area contributed by atoms with Crippen molar-refractivity contribution in [1.82, 2.24) is 24.4 Å². The van der Waals surface area contributed by atoms with Gasteiger partial charge in [-0.15, -0.1) is 0 Å². The zero-order valence-corrected chi connectivity index (χ0v) is 15.5. The van der Waals surface area contributed by atoms with E-state index in [1.807, 2.05) is 19.0 Å². The van der Waals surface area contributed by atoms with Crippen molar-refractivity contribution in [2.45, 2.75) is 12.6 Å².